The molecule has 0 aliphatic carbocycles. The third kappa shape index (κ3) is 2.84. The van der Waals surface area contributed by atoms with Crippen LogP contribution in [0.4, 0.5) is 13.2 Å². The number of aldehydes is 1. The summed E-state index contributed by atoms with van der Waals surface area (Å²) in [6, 6.07) is 2.65. The molecule has 0 saturated carbocycles. The van der Waals surface area contributed by atoms with E-state index in [0.717, 1.165) is 18.2 Å². The van der Waals surface area contributed by atoms with E-state index in [4.69, 9.17) is 5.11 Å². The van der Waals surface area contributed by atoms with E-state index in [1.807, 2.05) is 0 Å². The molecular formula is C11H7F3O2. The summed E-state index contributed by atoms with van der Waals surface area (Å²) in [7, 11) is 0. The van der Waals surface area contributed by atoms with Crippen molar-refractivity contribution in [3.05, 3.63) is 34.9 Å². The van der Waals surface area contributed by atoms with Gasteiger partial charge < -0.3 is 5.11 Å². The fraction of sp³-hybridized carbons (Fsp3) is 0.182. The number of alkyl halides is 3. The summed E-state index contributed by atoms with van der Waals surface area (Å²) in [6.45, 7) is -0.478. The molecule has 0 aliphatic rings. The molecule has 0 fully saturated rings. The first-order valence-corrected chi connectivity index (χ1v) is 4.25. The molecule has 0 amide bonds. The van der Waals surface area contributed by atoms with Crippen molar-refractivity contribution in [3.63, 3.8) is 0 Å². The lowest BCUT2D eigenvalue weighted by Gasteiger charge is -2.07. The summed E-state index contributed by atoms with van der Waals surface area (Å²) in [6.07, 6.45) is -4.06. The van der Waals surface area contributed by atoms with Gasteiger partial charge in [0.2, 0.25) is 0 Å². The van der Waals surface area contributed by atoms with Crippen molar-refractivity contribution in [1.82, 2.24) is 0 Å². The Morgan fingerprint density at radius 1 is 1.38 bits per heavy atom. The number of carbonyl (C=O) groups is 1. The molecular weight excluding hydrogens is 221 g/mol. The predicted octanol–water partition coefficient (Wildman–Crippen LogP) is 1.86. The van der Waals surface area contributed by atoms with E-state index in [9.17, 15) is 18.0 Å². The minimum atomic E-state index is -4.48. The average Bonchev–Trinajstić information content (AvgIpc) is 2.24. The molecule has 5 heteroatoms. The highest BCUT2D eigenvalue weighted by Gasteiger charge is 2.30. The molecule has 0 aliphatic heterocycles. The quantitative estimate of drug-likeness (QED) is 0.588. The first-order chi connectivity index (χ1) is 7.49. The van der Waals surface area contributed by atoms with Crippen molar-refractivity contribution in [2.24, 2.45) is 0 Å². The Balaban J connectivity index is 3.27. The highest BCUT2D eigenvalue weighted by atomic mass is 19.4. The van der Waals surface area contributed by atoms with E-state index in [1.54, 1.807) is 0 Å². The molecule has 2 nitrogen and oxygen atoms in total. The van der Waals surface area contributed by atoms with Gasteiger partial charge in [-0.2, -0.15) is 13.2 Å². The summed E-state index contributed by atoms with van der Waals surface area (Å²) in [5.74, 6) is 4.49. The standard InChI is InChI=1S/C11H7F3O2/c12-11(13,14)10-4-3-9(7-16)8(6-10)2-1-5-15/h3-4,6-7,15H,5H2. The average molecular weight is 228 g/mol. The van der Waals surface area contributed by atoms with Gasteiger partial charge in [0.25, 0.3) is 0 Å². The van der Waals surface area contributed by atoms with Gasteiger partial charge in [-0.05, 0) is 18.2 Å². The van der Waals surface area contributed by atoms with Crippen LogP contribution < -0.4 is 0 Å². The van der Waals surface area contributed by atoms with Crippen LogP contribution in [-0.4, -0.2) is 18.0 Å². The Morgan fingerprint density at radius 3 is 2.56 bits per heavy atom. The van der Waals surface area contributed by atoms with Crippen molar-refractivity contribution >= 4 is 6.29 Å². The minimum absolute atomic E-state index is 0.0427. The van der Waals surface area contributed by atoms with E-state index in [1.165, 1.54) is 0 Å². The first-order valence-electron chi connectivity index (χ1n) is 4.25. The van der Waals surface area contributed by atoms with Gasteiger partial charge in [0.1, 0.15) is 6.61 Å². The smallest absolute Gasteiger partial charge is 0.384 e. The molecule has 0 atom stereocenters. The zero-order chi connectivity index (χ0) is 12.2. The normalized spacial score (nSPS) is 10.5. The minimum Gasteiger partial charge on any atom is -0.384 e. The fourth-order valence-corrected chi connectivity index (χ4v) is 1.08. The molecule has 0 aromatic heterocycles. The van der Waals surface area contributed by atoms with Crippen LogP contribution in [0, 0.1) is 11.8 Å². The van der Waals surface area contributed by atoms with Gasteiger partial charge in [-0.15, -0.1) is 0 Å². The summed E-state index contributed by atoms with van der Waals surface area (Å²) >= 11 is 0. The lowest BCUT2D eigenvalue weighted by molar-refractivity contribution is -0.137. The molecule has 1 aromatic carbocycles. The van der Waals surface area contributed by atoms with Gasteiger partial charge in [0, 0.05) is 11.1 Å². The van der Waals surface area contributed by atoms with Crippen molar-refractivity contribution in [3.8, 4) is 11.8 Å². The Labute approximate surface area is 89.7 Å². The number of hydrogen-bond donors (Lipinski definition) is 1. The highest BCUT2D eigenvalue weighted by Crippen LogP contribution is 2.30. The predicted molar refractivity (Wildman–Crippen MR) is 50.8 cm³/mol. The van der Waals surface area contributed by atoms with Crippen LogP contribution in [-0.2, 0) is 6.18 Å². The zero-order valence-electron chi connectivity index (χ0n) is 8.01. The number of hydrogen-bond acceptors (Lipinski definition) is 2. The molecule has 0 spiro atoms. The van der Waals surface area contributed by atoms with Gasteiger partial charge in [-0.1, -0.05) is 11.8 Å². The van der Waals surface area contributed by atoms with E-state index in [-0.39, 0.29) is 11.1 Å². The van der Waals surface area contributed by atoms with Crippen LogP contribution in [0.25, 0.3) is 0 Å². The second-order valence-corrected chi connectivity index (χ2v) is 2.88. The molecule has 0 bridgehead atoms. The van der Waals surface area contributed by atoms with Crippen LogP contribution in [0.5, 0.6) is 0 Å². The number of rotatable bonds is 1. The SMILES string of the molecule is O=Cc1ccc(C(F)(F)F)cc1C#CCO. The largest absolute Gasteiger partial charge is 0.416 e. The third-order valence-corrected chi connectivity index (χ3v) is 1.81. The second-order valence-electron chi connectivity index (χ2n) is 2.88. The topological polar surface area (TPSA) is 37.3 Å². The summed E-state index contributed by atoms with van der Waals surface area (Å²) in [5, 5.41) is 8.44. The van der Waals surface area contributed by atoms with E-state index in [0.29, 0.717) is 6.29 Å². The van der Waals surface area contributed by atoms with E-state index >= 15 is 0 Å². The molecule has 0 unspecified atom stereocenters. The summed E-state index contributed by atoms with van der Waals surface area (Å²) in [5.41, 5.74) is -0.854. The van der Waals surface area contributed by atoms with Crippen molar-refractivity contribution in [1.29, 1.82) is 0 Å². The van der Waals surface area contributed by atoms with Crippen LogP contribution in [0.3, 0.4) is 0 Å². The third-order valence-electron chi connectivity index (χ3n) is 1.81. The number of benzene rings is 1. The van der Waals surface area contributed by atoms with E-state index < -0.39 is 18.3 Å². The monoisotopic (exact) mass is 228 g/mol. The van der Waals surface area contributed by atoms with Crippen LogP contribution >= 0.6 is 0 Å². The van der Waals surface area contributed by atoms with Crippen LogP contribution in [0.1, 0.15) is 21.5 Å². The lowest BCUT2D eigenvalue weighted by Crippen LogP contribution is -2.06. The van der Waals surface area contributed by atoms with Crippen LogP contribution in [0.2, 0.25) is 0 Å². The van der Waals surface area contributed by atoms with Gasteiger partial charge in [-0.25, -0.2) is 0 Å². The molecule has 1 N–H and O–H groups in total. The maximum absolute atomic E-state index is 12.3. The van der Waals surface area contributed by atoms with Crippen molar-refractivity contribution in [2.45, 2.75) is 6.18 Å². The molecule has 1 aromatic rings. The molecule has 84 valence electrons. The molecule has 0 saturated heterocycles. The first kappa shape index (κ1) is 12.3. The molecule has 16 heavy (non-hydrogen) atoms. The number of aliphatic hydroxyl groups is 1. The number of aliphatic hydroxyl groups excluding tert-OH is 1. The summed E-state index contributed by atoms with van der Waals surface area (Å²) in [4.78, 5) is 10.5. The zero-order valence-corrected chi connectivity index (χ0v) is 8.01. The van der Waals surface area contributed by atoms with Crippen molar-refractivity contribution < 1.29 is 23.1 Å². The number of carbonyl (C=O) groups excluding carboxylic acids is 1. The summed E-state index contributed by atoms with van der Waals surface area (Å²) < 4.78 is 37.0. The fourth-order valence-electron chi connectivity index (χ4n) is 1.08. The van der Waals surface area contributed by atoms with Gasteiger partial charge in [0.05, 0.1) is 5.56 Å². The van der Waals surface area contributed by atoms with Gasteiger partial charge >= 0.3 is 6.18 Å². The number of halogens is 3. The van der Waals surface area contributed by atoms with Crippen LogP contribution in [0.15, 0.2) is 18.2 Å². The van der Waals surface area contributed by atoms with Crippen molar-refractivity contribution in [2.75, 3.05) is 6.61 Å². The maximum atomic E-state index is 12.3. The Hall–Kier alpha value is -1.80. The highest BCUT2D eigenvalue weighted by molar-refractivity contribution is 5.79. The van der Waals surface area contributed by atoms with Gasteiger partial charge in [-0.3, -0.25) is 4.79 Å². The molecule has 0 radical (unpaired) electrons. The molecule has 0 heterocycles. The maximum Gasteiger partial charge on any atom is 0.416 e. The lowest BCUT2D eigenvalue weighted by atomic mass is 10.0. The Morgan fingerprint density at radius 2 is 2.06 bits per heavy atom. The Kier molecular flexibility index (Phi) is 3.69. The molecule has 1 rings (SSSR count). The van der Waals surface area contributed by atoms with Gasteiger partial charge in [0.15, 0.2) is 6.29 Å². The Bertz CT molecular complexity index is 453. The second kappa shape index (κ2) is 4.81. The van der Waals surface area contributed by atoms with E-state index in [2.05, 4.69) is 11.8 Å².